The summed E-state index contributed by atoms with van der Waals surface area (Å²) in [6.45, 7) is 4.82. The maximum absolute atomic E-state index is 13.5. The third-order valence-corrected chi connectivity index (χ3v) is 6.59. The molecule has 2 rings (SSSR count). The average molecular weight is 526 g/mol. The summed E-state index contributed by atoms with van der Waals surface area (Å²) in [6, 6.07) is 10.4. The number of hydrogen-bond donors (Lipinski definition) is 1. The molecule has 11 heteroatoms. The van der Waals surface area contributed by atoms with Crippen molar-refractivity contribution in [3.63, 3.8) is 0 Å². The van der Waals surface area contributed by atoms with E-state index in [2.05, 4.69) is 5.32 Å². The van der Waals surface area contributed by atoms with E-state index in [1.165, 1.54) is 31.3 Å². The quantitative estimate of drug-likeness (QED) is 0.483. The molecular formula is C24H32ClN3O6S. The van der Waals surface area contributed by atoms with Crippen LogP contribution in [0.15, 0.2) is 42.5 Å². The summed E-state index contributed by atoms with van der Waals surface area (Å²) < 4.78 is 36.8. The number of amides is 2. The van der Waals surface area contributed by atoms with E-state index < -0.39 is 28.5 Å². The van der Waals surface area contributed by atoms with Crippen LogP contribution in [0.2, 0.25) is 5.02 Å². The van der Waals surface area contributed by atoms with Crippen molar-refractivity contribution in [2.75, 3.05) is 31.3 Å². The lowest BCUT2D eigenvalue weighted by atomic mass is 10.1. The van der Waals surface area contributed by atoms with Gasteiger partial charge in [0.2, 0.25) is 21.8 Å². The van der Waals surface area contributed by atoms with Gasteiger partial charge in [-0.05, 0) is 50.6 Å². The molecule has 0 aliphatic rings. The van der Waals surface area contributed by atoms with E-state index in [9.17, 15) is 18.0 Å². The van der Waals surface area contributed by atoms with Gasteiger partial charge in [0.05, 0.1) is 26.2 Å². The van der Waals surface area contributed by atoms with Crippen molar-refractivity contribution in [2.24, 2.45) is 0 Å². The Kier molecular flexibility index (Phi) is 9.79. The Hall–Kier alpha value is -2.98. The minimum absolute atomic E-state index is 0.0895. The molecule has 2 amide bonds. The molecule has 0 bridgehead atoms. The highest BCUT2D eigenvalue weighted by Gasteiger charge is 2.30. The van der Waals surface area contributed by atoms with Crippen LogP contribution in [-0.2, 0) is 26.2 Å². The Morgan fingerprint density at radius 3 is 2.11 bits per heavy atom. The number of carbonyl (C=O) groups excluding carboxylic acids is 2. The molecule has 0 aliphatic heterocycles. The van der Waals surface area contributed by atoms with Crippen molar-refractivity contribution < 1.29 is 27.5 Å². The molecule has 0 radical (unpaired) electrons. The Morgan fingerprint density at radius 1 is 1.00 bits per heavy atom. The molecule has 1 N–H and O–H groups in total. The van der Waals surface area contributed by atoms with E-state index >= 15 is 0 Å². The monoisotopic (exact) mass is 525 g/mol. The summed E-state index contributed by atoms with van der Waals surface area (Å²) in [4.78, 5) is 27.6. The number of rotatable bonds is 11. The van der Waals surface area contributed by atoms with E-state index in [0.717, 1.165) is 16.1 Å². The number of carbonyl (C=O) groups is 2. The van der Waals surface area contributed by atoms with Crippen molar-refractivity contribution in [1.82, 2.24) is 10.2 Å². The van der Waals surface area contributed by atoms with Gasteiger partial charge in [-0.15, -0.1) is 0 Å². The van der Waals surface area contributed by atoms with Gasteiger partial charge < -0.3 is 19.7 Å². The largest absolute Gasteiger partial charge is 0.493 e. The number of methoxy groups -OCH3 is 2. The van der Waals surface area contributed by atoms with Crippen LogP contribution in [-0.4, -0.2) is 64.2 Å². The summed E-state index contributed by atoms with van der Waals surface area (Å²) in [5.41, 5.74) is 0.966. The van der Waals surface area contributed by atoms with Crippen molar-refractivity contribution in [2.45, 2.75) is 39.4 Å². The van der Waals surface area contributed by atoms with Gasteiger partial charge in [0.25, 0.3) is 0 Å². The Bertz CT molecular complexity index is 1140. The maximum atomic E-state index is 13.5. The molecule has 0 aromatic heterocycles. The Morgan fingerprint density at radius 2 is 1.60 bits per heavy atom. The number of anilines is 1. The fraction of sp³-hybridized carbons (Fsp3) is 0.417. The van der Waals surface area contributed by atoms with Crippen LogP contribution in [0.25, 0.3) is 0 Å². The van der Waals surface area contributed by atoms with Gasteiger partial charge in [-0.2, -0.15) is 0 Å². The van der Waals surface area contributed by atoms with Crippen molar-refractivity contribution in [1.29, 1.82) is 0 Å². The van der Waals surface area contributed by atoms with Crippen LogP contribution in [0.5, 0.6) is 11.5 Å². The van der Waals surface area contributed by atoms with Crippen LogP contribution >= 0.6 is 11.6 Å². The highest BCUT2D eigenvalue weighted by Crippen LogP contribution is 2.32. The zero-order chi connectivity index (χ0) is 26.3. The second kappa shape index (κ2) is 12.1. The first-order chi connectivity index (χ1) is 16.4. The standard InChI is InChI=1S/C24H32ClN3O6S/c1-16(2)26-24(30)17(3)27(14-18-7-9-19(25)10-8-18)23(29)15-28(35(6,31)32)20-11-12-21(33-4)22(13-20)34-5/h7-13,16-17H,14-15H2,1-6H3,(H,26,30)/t17-/m0/s1. The van der Waals surface area contributed by atoms with E-state index in [0.29, 0.717) is 16.5 Å². The fourth-order valence-corrected chi connectivity index (χ4v) is 4.34. The third-order valence-electron chi connectivity index (χ3n) is 5.20. The van der Waals surface area contributed by atoms with E-state index in [4.69, 9.17) is 21.1 Å². The van der Waals surface area contributed by atoms with Gasteiger partial charge in [-0.25, -0.2) is 8.42 Å². The lowest BCUT2D eigenvalue weighted by Gasteiger charge is -2.32. The number of sulfonamides is 1. The van der Waals surface area contributed by atoms with Crippen LogP contribution in [0.1, 0.15) is 26.3 Å². The highest BCUT2D eigenvalue weighted by molar-refractivity contribution is 7.92. The van der Waals surface area contributed by atoms with Crippen LogP contribution in [0.3, 0.4) is 0 Å². The number of nitrogens with zero attached hydrogens (tertiary/aromatic N) is 2. The number of benzene rings is 2. The van der Waals surface area contributed by atoms with E-state index in [-0.39, 0.29) is 24.2 Å². The summed E-state index contributed by atoms with van der Waals surface area (Å²) >= 11 is 5.98. The molecule has 1 atom stereocenters. The molecule has 192 valence electrons. The fourth-order valence-electron chi connectivity index (χ4n) is 3.37. The zero-order valence-corrected chi connectivity index (χ0v) is 22.3. The second-order valence-electron chi connectivity index (χ2n) is 8.30. The molecule has 2 aromatic rings. The lowest BCUT2D eigenvalue weighted by molar-refractivity contribution is -0.139. The van der Waals surface area contributed by atoms with Gasteiger partial charge in [0.1, 0.15) is 12.6 Å². The van der Waals surface area contributed by atoms with Crippen LogP contribution < -0.4 is 19.1 Å². The Balaban J connectivity index is 2.43. The number of hydrogen-bond acceptors (Lipinski definition) is 6. The minimum atomic E-state index is -3.86. The van der Waals surface area contributed by atoms with E-state index in [1.807, 2.05) is 13.8 Å². The van der Waals surface area contributed by atoms with Gasteiger partial charge in [0, 0.05) is 23.7 Å². The molecule has 0 saturated heterocycles. The zero-order valence-electron chi connectivity index (χ0n) is 20.7. The highest BCUT2D eigenvalue weighted by atomic mass is 35.5. The number of halogens is 1. The molecule has 2 aromatic carbocycles. The SMILES string of the molecule is COc1ccc(N(CC(=O)N(Cc2ccc(Cl)cc2)[C@@H](C)C(=O)NC(C)C)S(C)(=O)=O)cc1OC. The molecule has 0 heterocycles. The first kappa shape index (κ1) is 28.3. The topological polar surface area (TPSA) is 105 Å². The average Bonchev–Trinajstić information content (AvgIpc) is 2.79. The predicted molar refractivity (Wildman–Crippen MR) is 136 cm³/mol. The molecule has 0 saturated carbocycles. The number of nitrogens with one attached hydrogen (secondary N) is 1. The Labute approximate surface area is 212 Å². The second-order valence-corrected chi connectivity index (χ2v) is 10.6. The molecule has 9 nitrogen and oxygen atoms in total. The normalized spacial score (nSPS) is 12.1. The summed E-state index contributed by atoms with van der Waals surface area (Å²) in [5, 5.41) is 3.34. The first-order valence-electron chi connectivity index (χ1n) is 10.9. The summed E-state index contributed by atoms with van der Waals surface area (Å²) in [5.74, 6) is -0.168. The number of ether oxygens (including phenoxy) is 2. The first-order valence-corrected chi connectivity index (χ1v) is 13.1. The van der Waals surface area contributed by atoms with Crippen molar-refractivity contribution in [3.05, 3.63) is 53.1 Å². The third kappa shape index (κ3) is 7.76. The summed E-state index contributed by atoms with van der Waals surface area (Å²) in [7, 11) is -0.966. The summed E-state index contributed by atoms with van der Waals surface area (Å²) in [6.07, 6.45) is 1.01. The molecule has 0 unspecified atom stereocenters. The smallest absolute Gasteiger partial charge is 0.244 e. The minimum Gasteiger partial charge on any atom is -0.493 e. The predicted octanol–water partition coefficient (Wildman–Crippen LogP) is 3.07. The molecule has 0 spiro atoms. The van der Waals surface area contributed by atoms with Crippen molar-refractivity contribution >= 4 is 39.1 Å². The van der Waals surface area contributed by atoms with Gasteiger partial charge in [-0.1, -0.05) is 23.7 Å². The van der Waals surface area contributed by atoms with Crippen molar-refractivity contribution in [3.8, 4) is 11.5 Å². The van der Waals surface area contributed by atoms with E-state index in [1.54, 1.807) is 37.3 Å². The van der Waals surface area contributed by atoms with Gasteiger partial charge >= 0.3 is 0 Å². The van der Waals surface area contributed by atoms with Crippen LogP contribution in [0.4, 0.5) is 5.69 Å². The van der Waals surface area contributed by atoms with Gasteiger partial charge in [-0.3, -0.25) is 13.9 Å². The molecule has 35 heavy (non-hydrogen) atoms. The molecule has 0 fully saturated rings. The van der Waals surface area contributed by atoms with Crippen LogP contribution in [0, 0.1) is 0 Å². The molecule has 0 aliphatic carbocycles. The molecular weight excluding hydrogens is 494 g/mol. The maximum Gasteiger partial charge on any atom is 0.244 e. The lowest BCUT2D eigenvalue weighted by Crippen LogP contribution is -2.52. The van der Waals surface area contributed by atoms with Gasteiger partial charge in [0.15, 0.2) is 11.5 Å².